The standard InChI is InChI=1S/C11H10ClN3S/c12-11-6-14-9(5-15-11)7-16-10-3-1-8(13)2-4-10/h1-6H,7,13H2. The summed E-state index contributed by atoms with van der Waals surface area (Å²) in [4.78, 5) is 9.30. The van der Waals surface area contributed by atoms with E-state index < -0.39 is 0 Å². The minimum Gasteiger partial charge on any atom is -0.399 e. The van der Waals surface area contributed by atoms with Gasteiger partial charge in [0.2, 0.25) is 0 Å². The van der Waals surface area contributed by atoms with Gasteiger partial charge in [0.05, 0.1) is 18.1 Å². The van der Waals surface area contributed by atoms with Crippen molar-refractivity contribution in [2.75, 3.05) is 5.73 Å². The molecule has 0 bridgehead atoms. The Balaban J connectivity index is 1.97. The molecular weight excluding hydrogens is 242 g/mol. The Morgan fingerprint density at radius 2 is 1.88 bits per heavy atom. The highest BCUT2D eigenvalue weighted by molar-refractivity contribution is 7.98. The maximum atomic E-state index is 5.65. The lowest BCUT2D eigenvalue weighted by Gasteiger charge is -2.01. The minimum atomic E-state index is 0.418. The van der Waals surface area contributed by atoms with Crippen molar-refractivity contribution >= 4 is 29.1 Å². The molecule has 0 aliphatic rings. The summed E-state index contributed by atoms with van der Waals surface area (Å²) >= 11 is 7.34. The maximum Gasteiger partial charge on any atom is 0.147 e. The molecule has 0 aliphatic heterocycles. The van der Waals surface area contributed by atoms with Crippen LogP contribution in [0.1, 0.15) is 5.69 Å². The van der Waals surface area contributed by atoms with Gasteiger partial charge in [-0.2, -0.15) is 0 Å². The molecule has 2 aromatic rings. The molecule has 0 fully saturated rings. The highest BCUT2D eigenvalue weighted by atomic mass is 35.5. The summed E-state index contributed by atoms with van der Waals surface area (Å²) in [5.41, 5.74) is 7.29. The second-order valence-electron chi connectivity index (χ2n) is 3.19. The fraction of sp³-hybridized carbons (Fsp3) is 0.0909. The topological polar surface area (TPSA) is 51.8 Å². The first-order chi connectivity index (χ1) is 7.74. The lowest BCUT2D eigenvalue weighted by Crippen LogP contribution is -1.88. The molecule has 1 heterocycles. The highest BCUT2D eigenvalue weighted by Crippen LogP contribution is 2.22. The number of anilines is 1. The van der Waals surface area contributed by atoms with Crippen LogP contribution in [0, 0.1) is 0 Å². The van der Waals surface area contributed by atoms with Gasteiger partial charge in [0.25, 0.3) is 0 Å². The molecule has 0 saturated heterocycles. The van der Waals surface area contributed by atoms with Crippen LogP contribution in [0.25, 0.3) is 0 Å². The van der Waals surface area contributed by atoms with Crippen molar-refractivity contribution in [3.05, 3.63) is 47.5 Å². The van der Waals surface area contributed by atoms with E-state index in [4.69, 9.17) is 17.3 Å². The summed E-state index contributed by atoms with van der Waals surface area (Å²) in [5.74, 6) is 0.772. The SMILES string of the molecule is Nc1ccc(SCc2cnc(Cl)cn2)cc1. The van der Waals surface area contributed by atoms with E-state index >= 15 is 0 Å². The van der Waals surface area contributed by atoms with Crippen molar-refractivity contribution in [1.29, 1.82) is 0 Å². The van der Waals surface area contributed by atoms with E-state index in [1.54, 1.807) is 24.2 Å². The lowest BCUT2D eigenvalue weighted by atomic mass is 10.3. The van der Waals surface area contributed by atoms with Crippen molar-refractivity contribution in [3.8, 4) is 0 Å². The van der Waals surface area contributed by atoms with Gasteiger partial charge in [-0.3, -0.25) is 4.98 Å². The van der Waals surface area contributed by atoms with Gasteiger partial charge in [-0.1, -0.05) is 11.6 Å². The van der Waals surface area contributed by atoms with Crippen molar-refractivity contribution < 1.29 is 0 Å². The van der Waals surface area contributed by atoms with Crippen LogP contribution in [0.2, 0.25) is 5.15 Å². The zero-order chi connectivity index (χ0) is 11.4. The third-order valence-electron chi connectivity index (χ3n) is 1.94. The predicted octanol–water partition coefficient (Wildman–Crippen LogP) is 3.00. The summed E-state index contributed by atoms with van der Waals surface area (Å²) in [5, 5.41) is 0.418. The van der Waals surface area contributed by atoms with E-state index in [0.29, 0.717) is 5.15 Å². The normalized spacial score (nSPS) is 10.3. The monoisotopic (exact) mass is 251 g/mol. The number of benzene rings is 1. The van der Waals surface area contributed by atoms with Crippen LogP contribution in [-0.2, 0) is 5.75 Å². The first kappa shape index (κ1) is 11.2. The van der Waals surface area contributed by atoms with Crippen LogP contribution in [0.15, 0.2) is 41.6 Å². The Morgan fingerprint density at radius 1 is 1.12 bits per heavy atom. The van der Waals surface area contributed by atoms with Crippen LogP contribution in [0.4, 0.5) is 5.69 Å². The summed E-state index contributed by atoms with van der Waals surface area (Å²) in [6, 6.07) is 7.75. The molecule has 1 aromatic heterocycles. The molecule has 0 unspecified atom stereocenters. The average Bonchev–Trinajstić information content (AvgIpc) is 2.30. The number of aromatic nitrogens is 2. The van der Waals surface area contributed by atoms with Crippen molar-refractivity contribution in [2.24, 2.45) is 0 Å². The van der Waals surface area contributed by atoms with Crippen LogP contribution in [0.3, 0.4) is 0 Å². The molecule has 0 saturated carbocycles. The molecular formula is C11H10ClN3S. The number of hydrogen-bond acceptors (Lipinski definition) is 4. The molecule has 5 heteroatoms. The maximum absolute atomic E-state index is 5.65. The minimum absolute atomic E-state index is 0.418. The lowest BCUT2D eigenvalue weighted by molar-refractivity contribution is 1.10. The smallest absolute Gasteiger partial charge is 0.147 e. The summed E-state index contributed by atoms with van der Waals surface area (Å²) < 4.78 is 0. The number of hydrogen-bond donors (Lipinski definition) is 1. The third-order valence-corrected chi connectivity index (χ3v) is 3.18. The van der Waals surface area contributed by atoms with Gasteiger partial charge in [0.15, 0.2) is 0 Å². The van der Waals surface area contributed by atoms with Gasteiger partial charge in [0.1, 0.15) is 5.15 Å². The molecule has 1 aromatic carbocycles. The molecule has 2 rings (SSSR count). The molecule has 0 amide bonds. The van der Waals surface area contributed by atoms with E-state index in [1.807, 2.05) is 24.3 Å². The van der Waals surface area contributed by atoms with E-state index in [-0.39, 0.29) is 0 Å². The molecule has 82 valence electrons. The Morgan fingerprint density at radius 3 is 2.50 bits per heavy atom. The Bertz CT molecular complexity index is 410. The van der Waals surface area contributed by atoms with E-state index in [9.17, 15) is 0 Å². The fourth-order valence-electron chi connectivity index (χ4n) is 1.13. The summed E-state index contributed by atoms with van der Waals surface area (Å²) in [7, 11) is 0. The third kappa shape index (κ3) is 3.12. The molecule has 0 atom stereocenters. The molecule has 3 nitrogen and oxygen atoms in total. The van der Waals surface area contributed by atoms with Crippen LogP contribution < -0.4 is 5.73 Å². The number of nitrogens with two attached hydrogens (primary N) is 1. The average molecular weight is 252 g/mol. The van der Waals surface area contributed by atoms with Crippen LogP contribution >= 0.6 is 23.4 Å². The Hall–Kier alpha value is -1.26. The summed E-state index contributed by atoms with van der Waals surface area (Å²) in [6.07, 6.45) is 3.24. The number of nitrogen functional groups attached to an aromatic ring is 1. The van der Waals surface area contributed by atoms with Crippen LogP contribution in [0.5, 0.6) is 0 Å². The predicted molar refractivity (Wildman–Crippen MR) is 67.5 cm³/mol. The first-order valence-electron chi connectivity index (χ1n) is 4.69. The van der Waals surface area contributed by atoms with Gasteiger partial charge >= 0.3 is 0 Å². The Kier molecular flexibility index (Phi) is 3.64. The van der Waals surface area contributed by atoms with Crippen molar-refractivity contribution in [2.45, 2.75) is 10.6 Å². The molecule has 16 heavy (non-hydrogen) atoms. The zero-order valence-corrected chi connectivity index (χ0v) is 10.0. The summed E-state index contributed by atoms with van der Waals surface area (Å²) in [6.45, 7) is 0. The van der Waals surface area contributed by atoms with Gasteiger partial charge in [-0.15, -0.1) is 11.8 Å². The first-order valence-corrected chi connectivity index (χ1v) is 6.05. The zero-order valence-electron chi connectivity index (χ0n) is 8.43. The van der Waals surface area contributed by atoms with Gasteiger partial charge in [0, 0.05) is 16.3 Å². The molecule has 0 aliphatic carbocycles. The molecule has 2 N–H and O–H groups in total. The number of nitrogens with zero attached hydrogens (tertiary/aromatic N) is 2. The van der Waals surface area contributed by atoms with Crippen LogP contribution in [-0.4, -0.2) is 9.97 Å². The Labute approximate surface area is 103 Å². The fourth-order valence-corrected chi connectivity index (χ4v) is 2.02. The van der Waals surface area contributed by atoms with E-state index in [0.717, 1.165) is 22.0 Å². The quantitative estimate of drug-likeness (QED) is 0.673. The van der Waals surface area contributed by atoms with E-state index in [2.05, 4.69) is 9.97 Å². The number of rotatable bonds is 3. The molecule has 0 radical (unpaired) electrons. The van der Waals surface area contributed by atoms with Gasteiger partial charge < -0.3 is 5.73 Å². The van der Waals surface area contributed by atoms with Crippen molar-refractivity contribution in [3.63, 3.8) is 0 Å². The second kappa shape index (κ2) is 5.18. The van der Waals surface area contributed by atoms with E-state index in [1.165, 1.54) is 0 Å². The second-order valence-corrected chi connectivity index (χ2v) is 4.62. The number of halogens is 1. The molecule has 0 spiro atoms. The van der Waals surface area contributed by atoms with Crippen molar-refractivity contribution in [1.82, 2.24) is 9.97 Å². The highest BCUT2D eigenvalue weighted by Gasteiger charge is 1.98. The van der Waals surface area contributed by atoms with Gasteiger partial charge in [-0.25, -0.2) is 4.98 Å². The largest absolute Gasteiger partial charge is 0.399 e. The van der Waals surface area contributed by atoms with Gasteiger partial charge in [-0.05, 0) is 24.3 Å². The number of thioether (sulfide) groups is 1.